The highest BCUT2D eigenvalue weighted by molar-refractivity contribution is 5.64. The Bertz CT molecular complexity index is 650. The molecule has 128 valence electrons. The Hall–Kier alpha value is -1.82. The van der Waals surface area contributed by atoms with Gasteiger partial charge in [-0.25, -0.2) is 5.43 Å². The Balaban J connectivity index is 1.48. The first kappa shape index (κ1) is 15.7. The van der Waals surface area contributed by atoms with E-state index in [1.54, 1.807) is 6.07 Å². The second-order valence-electron chi connectivity index (χ2n) is 6.65. The van der Waals surface area contributed by atoms with Crippen molar-refractivity contribution in [3.05, 3.63) is 47.7 Å². The Morgan fingerprint density at radius 1 is 1.21 bits per heavy atom. The Labute approximate surface area is 143 Å². The van der Waals surface area contributed by atoms with Crippen LogP contribution in [0.15, 0.2) is 47.7 Å². The zero-order chi connectivity index (χ0) is 16.4. The molecule has 1 fully saturated rings. The van der Waals surface area contributed by atoms with E-state index in [1.165, 1.54) is 17.7 Å². The van der Waals surface area contributed by atoms with E-state index in [0.717, 1.165) is 51.5 Å². The van der Waals surface area contributed by atoms with Crippen molar-refractivity contribution in [1.82, 2.24) is 10.3 Å². The summed E-state index contributed by atoms with van der Waals surface area (Å²) in [6.07, 6.45) is 6.74. The summed E-state index contributed by atoms with van der Waals surface area (Å²) in [6, 6.07) is 7.49. The predicted octanol–water partition coefficient (Wildman–Crippen LogP) is 2.27. The Kier molecular flexibility index (Phi) is 4.56. The molecular weight excluding hydrogens is 302 g/mol. The molecule has 0 saturated carbocycles. The summed E-state index contributed by atoms with van der Waals surface area (Å²) in [7, 11) is 0. The van der Waals surface area contributed by atoms with Gasteiger partial charge in [0.2, 0.25) is 0 Å². The van der Waals surface area contributed by atoms with Crippen LogP contribution in [0.4, 0.5) is 5.69 Å². The molecule has 3 aliphatic rings. The average Bonchev–Trinajstić information content (AvgIpc) is 3.06. The molecule has 24 heavy (non-hydrogen) atoms. The van der Waals surface area contributed by atoms with Gasteiger partial charge in [0.25, 0.3) is 0 Å². The maximum atomic E-state index is 10.2. The topological polar surface area (TPSA) is 48.0 Å². The van der Waals surface area contributed by atoms with Gasteiger partial charge in [0.05, 0.1) is 24.6 Å². The summed E-state index contributed by atoms with van der Waals surface area (Å²) < 4.78 is 5.43. The molecule has 2 N–H and O–H groups in total. The number of ether oxygens (including phenoxy) is 1. The number of hydrazine groups is 1. The van der Waals surface area contributed by atoms with Crippen LogP contribution in [0.2, 0.25) is 0 Å². The highest BCUT2D eigenvalue weighted by Gasteiger charge is 2.30. The standard InChI is InChI=1S/C19H25N3O2/c23-19-7-2-1-5-18(19)22-17-6-3-4-15(16(17)14-20-22)8-9-21-10-12-24-13-11-21/h1-3,5-7,15,20,23H,4,8-14H2. The van der Waals surface area contributed by atoms with E-state index in [-0.39, 0.29) is 0 Å². The highest BCUT2D eigenvalue weighted by atomic mass is 16.5. The third kappa shape index (κ3) is 3.07. The molecule has 0 bridgehead atoms. The second-order valence-corrected chi connectivity index (χ2v) is 6.65. The number of anilines is 1. The van der Waals surface area contributed by atoms with Gasteiger partial charge < -0.3 is 9.84 Å². The summed E-state index contributed by atoms with van der Waals surface area (Å²) in [4.78, 5) is 2.51. The van der Waals surface area contributed by atoms with Crippen molar-refractivity contribution in [1.29, 1.82) is 0 Å². The molecule has 1 aromatic carbocycles. The number of nitrogens with zero attached hydrogens (tertiary/aromatic N) is 2. The smallest absolute Gasteiger partial charge is 0.140 e. The van der Waals surface area contributed by atoms with Crippen molar-refractivity contribution in [3.63, 3.8) is 0 Å². The molecule has 2 heterocycles. The minimum atomic E-state index is 0.308. The van der Waals surface area contributed by atoms with Gasteiger partial charge in [0.15, 0.2) is 0 Å². The number of benzene rings is 1. The predicted molar refractivity (Wildman–Crippen MR) is 94.7 cm³/mol. The molecule has 0 radical (unpaired) electrons. The van der Waals surface area contributed by atoms with Crippen LogP contribution in [0.5, 0.6) is 5.75 Å². The SMILES string of the molecule is Oc1ccccc1N1NCC2=C1C=CCC2CCN1CCOCC1. The fourth-order valence-corrected chi connectivity index (χ4v) is 3.83. The van der Waals surface area contributed by atoms with E-state index in [2.05, 4.69) is 22.5 Å². The lowest BCUT2D eigenvalue weighted by molar-refractivity contribution is 0.0360. The summed E-state index contributed by atoms with van der Waals surface area (Å²) in [6.45, 7) is 5.83. The number of hydrogen-bond donors (Lipinski definition) is 2. The van der Waals surface area contributed by atoms with Crippen LogP contribution in [0.3, 0.4) is 0 Å². The van der Waals surface area contributed by atoms with E-state index >= 15 is 0 Å². The van der Waals surface area contributed by atoms with Crippen molar-refractivity contribution in [3.8, 4) is 5.75 Å². The number of hydrogen-bond acceptors (Lipinski definition) is 5. The van der Waals surface area contributed by atoms with Gasteiger partial charge in [-0.2, -0.15) is 0 Å². The fraction of sp³-hybridized carbons (Fsp3) is 0.474. The zero-order valence-electron chi connectivity index (χ0n) is 13.9. The number of phenolic OH excluding ortho intramolecular Hbond substituents is 1. The summed E-state index contributed by atoms with van der Waals surface area (Å²) in [5.74, 6) is 0.888. The number of nitrogens with one attached hydrogen (secondary N) is 1. The zero-order valence-corrected chi connectivity index (χ0v) is 13.9. The fourth-order valence-electron chi connectivity index (χ4n) is 3.83. The van der Waals surface area contributed by atoms with Crippen molar-refractivity contribution >= 4 is 5.69 Å². The minimum Gasteiger partial charge on any atom is -0.506 e. The van der Waals surface area contributed by atoms with Crippen molar-refractivity contribution in [2.24, 2.45) is 5.92 Å². The van der Waals surface area contributed by atoms with Crippen LogP contribution in [0.25, 0.3) is 0 Å². The molecule has 1 aliphatic carbocycles. The monoisotopic (exact) mass is 327 g/mol. The molecule has 0 spiro atoms. The number of aromatic hydroxyl groups is 1. The minimum absolute atomic E-state index is 0.308. The summed E-state index contributed by atoms with van der Waals surface area (Å²) >= 11 is 0. The summed E-state index contributed by atoms with van der Waals surface area (Å²) in [5, 5.41) is 12.2. The third-order valence-electron chi connectivity index (χ3n) is 5.21. The highest BCUT2D eigenvalue weighted by Crippen LogP contribution is 2.37. The molecule has 5 nitrogen and oxygen atoms in total. The largest absolute Gasteiger partial charge is 0.506 e. The first-order valence-corrected chi connectivity index (χ1v) is 8.84. The van der Waals surface area contributed by atoms with Crippen molar-refractivity contribution in [2.45, 2.75) is 12.8 Å². The van der Waals surface area contributed by atoms with E-state index in [0.29, 0.717) is 11.7 Å². The van der Waals surface area contributed by atoms with Gasteiger partial charge >= 0.3 is 0 Å². The van der Waals surface area contributed by atoms with Crippen LogP contribution in [0.1, 0.15) is 12.8 Å². The summed E-state index contributed by atoms with van der Waals surface area (Å²) in [5.41, 5.74) is 6.93. The first-order chi connectivity index (χ1) is 11.8. The van der Waals surface area contributed by atoms with Crippen LogP contribution < -0.4 is 10.4 Å². The maximum absolute atomic E-state index is 10.2. The molecule has 1 atom stereocenters. The van der Waals surface area contributed by atoms with Gasteiger partial charge in [0, 0.05) is 19.6 Å². The third-order valence-corrected chi connectivity index (χ3v) is 5.21. The average molecular weight is 327 g/mol. The molecule has 1 unspecified atom stereocenters. The molecular formula is C19H25N3O2. The van der Waals surface area contributed by atoms with E-state index in [4.69, 9.17) is 4.74 Å². The van der Waals surface area contributed by atoms with Crippen LogP contribution in [-0.4, -0.2) is 49.4 Å². The molecule has 2 aliphatic heterocycles. The number of rotatable bonds is 4. The molecule has 0 aromatic heterocycles. The van der Waals surface area contributed by atoms with Crippen molar-refractivity contribution in [2.75, 3.05) is 44.4 Å². The number of morpholine rings is 1. The van der Waals surface area contributed by atoms with Gasteiger partial charge in [0.1, 0.15) is 5.75 Å². The lowest BCUT2D eigenvalue weighted by atomic mass is 9.87. The van der Waals surface area contributed by atoms with Crippen LogP contribution in [-0.2, 0) is 4.74 Å². The van der Waals surface area contributed by atoms with E-state index < -0.39 is 0 Å². The van der Waals surface area contributed by atoms with Gasteiger partial charge in [-0.15, -0.1) is 0 Å². The molecule has 1 aromatic rings. The molecule has 5 heteroatoms. The second kappa shape index (κ2) is 6.97. The normalized spacial score (nSPS) is 24.5. The van der Waals surface area contributed by atoms with Crippen LogP contribution >= 0.6 is 0 Å². The lowest BCUT2D eigenvalue weighted by Gasteiger charge is -2.29. The lowest BCUT2D eigenvalue weighted by Crippen LogP contribution is -2.37. The molecule has 0 amide bonds. The number of allylic oxidation sites excluding steroid dienone is 2. The number of phenols is 1. The van der Waals surface area contributed by atoms with Crippen LogP contribution in [0, 0.1) is 5.92 Å². The molecule has 4 rings (SSSR count). The molecule has 1 saturated heterocycles. The van der Waals surface area contributed by atoms with Gasteiger partial charge in [-0.1, -0.05) is 18.2 Å². The Morgan fingerprint density at radius 2 is 2.04 bits per heavy atom. The van der Waals surface area contributed by atoms with Gasteiger partial charge in [-0.3, -0.25) is 9.91 Å². The van der Waals surface area contributed by atoms with Crippen molar-refractivity contribution < 1.29 is 9.84 Å². The quantitative estimate of drug-likeness (QED) is 0.888. The first-order valence-electron chi connectivity index (χ1n) is 8.84. The van der Waals surface area contributed by atoms with Gasteiger partial charge in [-0.05, 0) is 49.1 Å². The number of para-hydroxylation sites is 2. The maximum Gasteiger partial charge on any atom is 0.140 e. The Morgan fingerprint density at radius 3 is 2.88 bits per heavy atom. The van der Waals surface area contributed by atoms with E-state index in [9.17, 15) is 5.11 Å². The van der Waals surface area contributed by atoms with E-state index in [1.807, 2.05) is 23.2 Å².